The summed E-state index contributed by atoms with van der Waals surface area (Å²) in [5.41, 5.74) is 4.20. The molecule has 0 radical (unpaired) electrons. The fourth-order valence-electron chi connectivity index (χ4n) is 2.91. The van der Waals surface area contributed by atoms with Gasteiger partial charge in [-0.05, 0) is 49.7 Å². The van der Waals surface area contributed by atoms with E-state index in [4.69, 9.17) is 9.84 Å². The number of nitrogens with zero attached hydrogens (tertiary/aromatic N) is 2. The maximum absolute atomic E-state index is 11.0. The van der Waals surface area contributed by atoms with Crippen molar-refractivity contribution in [3.63, 3.8) is 0 Å². The Balaban J connectivity index is 2.02. The van der Waals surface area contributed by atoms with E-state index in [1.54, 1.807) is 13.1 Å². The molecular weight excluding hydrogens is 316 g/mol. The van der Waals surface area contributed by atoms with Gasteiger partial charge in [-0.25, -0.2) is 0 Å². The number of hydrogen-bond donors (Lipinski definition) is 1. The molecular formula is C20H26N2O3. The van der Waals surface area contributed by atoms with E-state index in [0.717, 1.165) is 28.1 Å². The van der Waals surface area contributed by atoms with Crippen LogP contribution in [0.25, 0.3) is 0 Å². The fraction of sp³-hybridized carbons (Fsp3) is 0.400. The number of aryl methyl sites for hydroxylation is 2. The largest absolute Gasteiger partial charge is 0.487 e. The van der Waals surface area contributed by atoms with E-state index < -0.39 is 5.97 Å². The van der Waals surface area contributed by atoms with E-state index in [1.165, 1.54) is 0 Å². The minimum absolute atomic E-state index is 0.381. The van der Waals surface area contributed by atoms with Gasteiger partial charge in [0.2, 0.25) is 0 Å². The highest BCUT2D eigenvalue weighted by atomic mass is 16.5. The summed E-state index contributed by atoms with van der Waals surface area (Å²) in [5.74, 6) is -0.262. The molecule has 1 aromatic heterocycles. The van der Waals surface area contributed by atoms with Crippen LogP contribution in [0.15, 0.2) is 36.5 Å². The first-order valence-corrected chi connectivity index (χ1v) is 8.41. The lowest BCUT2D eigenvalue weighted by Gasteiger charge is -2.20. The normalized spacial score (nSPS) is 12.2. The Hall–Kier alpha value is -2.40. The molecule has 1 unspecified atom stereocenters. The Kier molecular flexibility index (Phi) is 6.53. The van der Waals surface area contributed by atoms with Crippen LogP contribution in [-0.4, -0.2) is 34.6 Å². The van der Waals surface area contributed by atoms with Gasteiger partial charge < -0.3 is 14.7 Å². The van der Waals surface area contributed by atoms with Crippen LogP contribution in [-0.2, 0) is 17.9 Å². The van der Waals surface area contributed by atoms with E-state index in [1.807, 2.05) is 44.0 Å². The van der Waals surface area contributed by atoms with Gasteiger partial charge in [0.15, 0.2) is 0 Å². The lowest BCUT2D eigenvalue weighted by Crippen LogP contribution is -2.28. The van der Waals surface area contributed by atoms with Crippen molar-refractivity contribution in [2.24, 2.45) is 5.92 Å². The molecule has 1 atom stereocenters. The summed E-state index contributed by atoms with van der Waals surface area (Å²) in [6, 6.07) is 9.97. The Morgan fingerprint density at radius 3 is 2.52 bits per heavy atom. The summed E-state index contributed by atoms with van der Waals surface area (Å²) in [7, 11) is 1.94. The summed E-state index contributed by atoms with van der Waals surface area (Å²) in [4.78, 5) is 17.3. The lowest BCUT2D eigenvalue weighted by atomic mass is 10.0. The van der Waals surface area contributed by atoms with Crippen molar-refractivity contribution >= 4 is 5.97 Å². The third kappa shape index (κ3) is 5.57. The molecule has 0 spiro atoms. The average molecular weight is 342 g/mol. The highest BCUT2D eigenvalue weighted by molar-refractivity contribution is 5.69. The zero-order chi connectivity index (χ0) is 18.4. The molecule has 1 aromatic carbocycles. The molecule has 0 amide bonds. The second-order valence-corrected chi connectivity index (χ2v) is 6.60. The van der Waals surface area contributed by atoms with Gasteiger partial charge in [0.05, 0.1) is 11.6 Å². The standard InChI is InChI=1S/C20H26N2O3/c1-14-9-17(12-22(4)11-16(3)20(23)24)10-15(2)19(14)25-13-18-7-5-6-8-21-18/h5-10,16H,11-13H2,1-4H3,(H,23,24). The molecule has 2 rings (SSSR count). The van der Waals surface area contributed by atoms with Crippen molar-refractivity contribution < 1.29 is 14.6 Å². The predicted molar refractivity (Wildman–Crippen MR) is 97.6 cm³/mol. The smallest absolute Gasteiger partial charge is 0.307 e. The Morgan fingerprint density at radius 2 is 1.96 bits per heavy atom. The highest BCUT2D eigenvalue weighted by Crippen LogP contribution is 2.26. The molecule has 0 aliphatic heterocycles. The van der Waals surface area contributed by atoms with Crippen molar-refractivity contribution in [1.82, 2.24) is 9.88 Å². The van der Waals surface area contributed by atoms with Crippen LogP contribution in [0, 0.1) is 19.8 Å². The fourth-order valence-corrected chi connectivity index (χ4v) is 2.91. The molecule has 0 saturated heterocycles. The SMILES string of the molecule is Cc1cc(CN(C)CC(C)C(=O)O)cc(C)c1OCc1ccccn1. The Labute approximate surface area is 149 Å². The van der Waals surface area contributed by atoms with E-state index in [0.29, 0.717) is 19.7 Å². The van der Waals surface area contributed by atoms with Gasteiger partial charge in [-0.15, -0.1) is 0 Å². The highest BCUT2D eigenvalue weighted by Gasteiger charge is 2.14. The number of carbonyl (C=O) groups is 1. The van der Waals surface area contributed by atoms with Crippen molar-refractivity contribution in [2.75, 3.05) is 13.6 Å². The van der Waals surface area contributed by atoms with E-state index in [9.17, 15) is 4.79 Å². The van der Waals surface area contributed by atoms with Crippen LogP contribution in [0.1, 0.15) is 29.3 Å². The second kappa shape index (κ2) is 8.62. The molecule has 0 saturated carbocycles. The van der Waals surface area contributed by atoms with Gasteiger partial charge in [-0.3, -0.25) is 9.78 Å². The number of carboxylic acids is 1. The van der Waals surface area contributed by atoms with E-state index >= 15 is 0 Å². The molecule has 134 valence electrons. The van der Waals surface area contributed by atoms with Crippen molar-refractivity contribution in [3.05, 3.63) is 58.9 Å². The number of ether oxygens (including phenoxy) is 1. The third-order valence-corrected chi connectivity index (χ3v) is 4.07. The molecule has 1 N–H and O–H groups in total. The topological polar surface area (TPSA) is 62.7 Å². The van der Waals surface area contributed by atoms with Gasteiger partial charge >= 0.3 is 5.97 Å². The maximum Gasteiger partial charge on any atom is 0.307 e. The van der Waals surface area contributed by atoms with Crippen molar-refractivity contribution in [2.45, 2.75) is 33.9 Å². The summed E-state index contributed by atoms with van der Waals surface area (Å²) >= 11 is 0. The van der Waals surface area contributed by atoms with Crippen LogP contribution in [0.3, 0.4) is 0 Å². The summed E-state index contributed by atoms with van der Waals surface area (Å²) in [6.45, 7) is 7.46. The van der Waals surface area contributed by atoms with E-state index in [-0.39, 0.29) is 5.92 Å². The first-order chi connectivity index (χ1) is 11.9. The maximum atomic E-state index is 11.0. The van der Waals surface area contributed by atoms with Gasteiger partial charge in [0, 0.05) is 19.3 Å². The molecule has 5 heteroatoms. The molecule has 0 aliphatic rings. The minimum atomic E-state index is -0.766. The number of pyridine rings is 1. The number of benzene rings is 1. The number of aliphatic carboxylic acids is 1. The zero-order valence-corrected chi connectivity index (χ0v) is 15.3. The summed E-state index contributed by atoms with van der Waals surface area (Å²) in [5, 5.41) is 9.03. The first kappa shape index (κ1) is 18.9. The summed E-state index contributed by atoms with van der Waals surface area (Å²) < 4.78 is 5.96. The molecule has 2 aromatic rings. The van der Waals surface area contributed by atoms with Crippen LogP contribution >= 0.6 is 0 Å². The number of hydrogen-bond acceptors (Lipinski definition) is 4. The molecule has 0 bridgehead atoms. The van der Waals surface area contributed by atoms with Crippen LogP contribution in [0.5, 0.6) is 5.75 Å². The average Bonchev–Trinajstić information content (AvgIpc) is 2.54. The van der Waals surface area contributed by atoms with Crippen LogP contribution in [0.2, 0.25) is 0 Å². The molecule has 0 fully saturated rings. The molecule has 5 nitrogen and oxygen atoms in total. The first-order valence-electron chi connectivity index (χ1n) is 8.41. The van der Waals surface area contributed by atoms with E-state index in [2.05, 4.69) is 17.1 Å². The van der Waals surface area contributed by atoms with Gasteiger partial charge in [-0.1, -0.05) is 25.1 Å². The van der Waals surface area contributed by atoms with Gasteiger partial charge in [-0.2, -0.15) is 0 Å². The lowest BCUT2D eigenvalue weighted by molar-refractivity contribution is -0.141. The minimum Gasteiger partial charge on any atom is -0.487 e. The Bertz CT molecular complexity index is 693. The number of rotatable bonds is 8. The second-order valence-electron chi connectivity index (χ2n) is 6.60. The van der Waals surface area contributed by atoms with Gasteiger partial charge in [0.1, 0.15) is 12.4 Å². The monoisotopic (exact) mass is 342 g/mol. The zero-order valence-electron chi connectivity index (χ0n) is 15.3. The molecule has 0 aliphatic carbocycles. The van der Waals surface area contributed by atoms with Gasteiger partial charge in [0.25, 0.3) is 0 Å². The Morgan fingerprint density at radius 1 is 1.28 bits per heavy atom. The summed E-state index contributed by atoms with van der Waals surface area (Å²) in [6.07, 6.45) is 1.76. The quantitative estimate of drug-likeness (QED) is 0.796. The van der Waals surface area contributed by atoms with Crippen molar-refractivity contribution in [3.8, 4) is 5.75 Å². The van der Waals surface area contributed by atoms with Crippen LogP contribution in [0.4, 0.5) is 0 Å². The molecule has 1 heterocycles. The number of carboxylic acid groups (broad SMARTS) is 1. The third-order valence-electron chi connectivity index (χ3n) is 4.07. The van der Waals surface area contributed by atoms with Crippen molar-refractivity contribution in [1.29, 1.82) is 0 Å². The molecule has 25 heavy (non-hydrogen) atoms. The number of aromatic nitrogens is 1. The van der Waals surface area contributed by atoms with Crippen LogP contribution < -0.4 is 4.74 Å². The predicted octanol–water partition coefficient (Wildman–Crippen LogP) is 3.43.